The summed E-state index contributed by atoms with van der Waals surface area (Å²) in [4.78, 5) is 1.05. The topological polar surface area (TPSA) is 20.2 Å². The highest BCUT2D eigenvalue weighted by molar-refractivity contribution is 7.10. The van der Waals surface area contributed by atoms with Crippen molar-refractivity contribution >= 4 is 11.3 Å². The zero-order valence-electron chi connectivity index (χ0n) is 7.23. The smallest absolute Gasteiger partial charge is 0.0916 e. The molecule has 0 saturated heterocycles. The Morgan fingerprint density at radius 1 is 1.58 bits per heavy atom. The first kappa shape index (κ1) is 9.49. The van der Waals surface area contributed by atoms with E-state index in [9.17, 15) is 5.11 Å². The third-order valence-electron chi connectivity index (χ3n) is 1.63. The molecule has 0 spiro atoms. The number of hydrogen-bond donors (Lipinski definition) is 1. The molecule has 0 saturated carbocycles. The minimum Gasteiger partial charge on any atom is -0.387 e. The number of hydrogen-bond acceptors (Lipinski definition) is 2. The highest BCUT2D eigenvalue weighted by Crippen LogP contribution is 2.21. The molecule has 0 aliphatic carbocycles. The maximum atomic E-state index is 9.60. The quantitative estimate of drug-likeness (QED) is 0.709. The molecule has 1 nitrogen and oxygen atoms in total. The van der Waals surface area contributed by atoms with Crippen LogP contribution in [0, 0.1) is 0 Å². The molecule has 0 bridgehead atoms. The molecule has 2 heteroatoms. The molecule has 0 radical (unpaired) electrons. The van der Waals surface area contributed by atoms with Crippen LogP contribution in [0.15, 0.2) is 29.7 Å². The van der Waals surface area contributed by atoms with Gasteiger partial charge in [-0.2, -0.15) is 0 Å². The standard InChI is InChI=1S/C10H14OS/c1-2-3-4-6-9(11)10-7-5-8-12-10/h3-5,7-9,11H,2,6H2,1H3/b4-3-/t9-/m1/s1. The molecule has 0 aliphatic rings. The maximum absolute atomic E-state index is 9.60. The normalized spacial score (nSPS) is 13.8. The van der Waals surface area contributed by atoms with Crippen molar-refractivity contribution in [1.29, 1.82) is 0 Å². The van der Waals surface area contributed by atoms with Crippen LogP contribution in [0.3, 0.4) is 0 Å². The Hall–Kier alpha value is -0.600. The Morgan fingerprint density at radius 2 is 2.42 bits per heavy atom. The summed E-state index contributed by atoms with van der Waals surface area (Å²) in [7, 11) is 0. The highest BCUT2D eigenvalue weighted by Gasteiger charge is 2.04. The molecule has 12 heavy (non-hydrogen) atoms. The Kier molecular flexibility index (Phi) is 4.05. The lowest BCUT2D eigenvalue weighted by atomic mass is 10.2. The third-order valence-corrected chi connectivity index (χ3v) is 2.61. The van der Waals surface area contributed by atoms with Gasteiger partial charge in [0.1, 0.15) is 0 Å². The van der Waals surface area contributed by atoms with E-state index < -0.39 is 0 Å². The van der Waals surface area contributed by atoms with E-state index in [4.69, 9.17) is 0 Å². The molecule has 1 atom stereocenters. The first-order chi connectivity index (χ1) is 5.84. The molecule has 1 aromatic rings. The fraction of sp³-hybridized carbons (Fsp3) is 0.400. The lowest BCUT2D eigenvalue weighted by Gasteiger charge is -2.03. The second-order valence-electron chi connectivity index (χ2n) is 2.65. The molecule has 1 rings (SSSR count). The van der Waals surface area contributed by atoms with E-state index >= 15 is 0 Å². The van der Waals surface area contributed by atoms with Gasteiger partial charge in [0.25, 0.3) is 0 Å². The van der Waals surface area contributed by atoms with Crippen LogP contribution in [-0.4, -0.2) is 5.11 Å². The monoisotopic (exact) mass is 182 g/mol. The largest absolute Gasteiger partial charge is 0.387 e. The molecule has 66 valence electrons. The maximum Gasteiger partial charge on any atom is 0.0916 e. The van der Waals surface area contributed by atoms with Crippen LogP contribution < -0.4 is 0 Å². The van der Waals surface area contributed by atoms with Gasteiger partial charge < -0.3 is 5.11 Å². The summed E-state index contributed by atoms with van der Waals surface area (Å²) in [6.07, 6.45) is 5.57. The van der Waals surface area contributed by atoms with E-state index in [-0.39, 0.29) is 6.10 Å². The predicted molar refractivity (Wildman–Crippen MR) is 53.3 cm³/mol. The van der Waals surface area contributed by atoms with Gasteiger partial charge in [0.05, 0.1) is 6.10 Å². The second-order valence-corrected chi connectivity index (χ2v) is 3.63. The van der Waals surface area contributed by atoms with E-state index in [1.165, 1.54) is 0 Å². The summed E-state index contributed by atoms with van der Waals surface area (Å²) in [5.41, 5.74) is 0. The average molecular weight is 182 g/mol. The first-order valence-electron chi connectivity index (χ1n) is 4.21. The summed E-state index contributed by atoms with van der Waals surface area (Å²) in [6.45, 7) is 2.09. The number of allylic oxidation sites excluding steroid dienone is 1. The van der Waals surface area contributed by atoms with Crippen LogP contribution in [0.25, 0.3) is 0 Å². The van der Waals surface area contributed by atoms with Crippen molar-refractivity contribution in [2.24, 2.45) is 0 Å². The van der Waals surface area contributed by atoms with Crippen molar-refractivity contribution in [2.75, 3.05) is 0 Å². The number of aliphatic hydroxyl groups excluding tert-OH is 1. The van der Waals surface area contributed by atoms with E-state index in [0.717, 1.165) is 17.7 Å². The molecule has 1 N–H and O–H groups in total. The molecule has 0 fully saturated rings. The van der Waals surface area contributed by atoms with Gasteiger partial charge in [-0.15, -0.1) is 11.3 Å². The summed E-state index contributed by atoms with van der Waals surface area (Å²) in [6, 6.07) is 3.93. The molecule has 0 unspecified atom stereocenters. The van der Waals surface area contributed by atoms with Crippen LogP contribution >= 0.6 is 11.3 Å². The van der Waals surface area contributed by atoms with Crippen molar-refractivity contribution < 1.29 is 5.11 Å². The van der Waals surface area contributed by atoms with Crippen LogP contribution in [0.1, 0.15) is 30.7 Å². The summed E-state index contributed by atoms with van der Waals surface area (Å²) in [5, 5.41) is 11.6. The lowest BCUT2D eigenvalue weighted by Crippen LogP contribution is -1.90. The summed E-state index contributed by atoms with van der Waals surface area (Å²) >= 11 is 1.61. The number of rotatable bonds is 4. The zero-order valence-corrected chi connectivity index (χ0v) is 8.05. The highest BCUT2D eigenvalue weighted by atomic mass is 32.1. The van der Waals surface area contributed by atoms with Gasteiger partial charge in [0.2, 0.25) is 0 Å². The van der Waals surface area contributed by atoms with E-state index in [2.05, 4.69) is 13.0 Å². The summed E-state index contributed by atoms with van der Waals surface area (Å²) < 4.78 is 0. The van der Waals surface area contributed by atoms with Gasteiger partial charge in [0, 0.05) is 4.88 Å². The van der Waals surface area contributed by atoms with Crippen molar-refractivity contribution in [3.8, 4) is 0 Å². The number of thiophene rings is 1. The van der Waals surface area contributed by atoms with Crippen LogP contribution in [0.4, 0.5) is 0 Å². The fourth-order valence-corrected chi connectivity index (χ4v) is 1.71. The van der Waals surface area contributed by atoms with Crippen molar-refractivity contribution in [1.82, 2.24) is 0 Å². The average Bonchev–Trinajstić information content (AvgIpc) is 2.56. The summed E-state index contributed by atoms with van der Waals surface area (Å²) in [5.74, 6) is 0. The Bertz CT molecular complexity index is 226. The molecule has 1 heterocycles. The molecular formula is C10H14OS. The van der Waals surface area contributed by atoms with E-state index in [0.29, 0.717) is 0 Å². The molecule has 0 amide bonds. The van der Waals surface area contributed by atoms with Crippen LogP contribution in [-0.2, 0) is 0 Å². The fourth-order valence-electron chi connectivity index (χ4n) is 0.989. The van der Waals surface area contributed by atoms with Crippen molar-refractivity contribution in [2.45, 2.75) is 25.9 Å². The van der Waals surface area contributed by atoms with Gasteiger partial charge in [-0.05, 0) is 24.3 Å². The van der Waals surface area contributed by atoms with E-state index in [1.54, 1.807) is 11.3 Å². The Morgan fingerprint density at radius 3 is 3.00 bits per heavy atom. The zero-order chi connectivity index (χ0) is 8.81. The predicted octanol–water partition coefficient (Wildman–Crippen LogP) is 3.14. The van der Waals surface area contributed by atoms with Crippen molar-refractivity contribution in [3.63, 3.8) is 0 Å². The Balaban J connectivity index is 2.39. The van der Waals surface area contributed by atoms with Crippen molar-refractivity contribution in [3.05, 3.63) is 34.5 Å². The third kappa shape index (κ3) is 2.80. The van der Waals surface area contributed by atoms with E-state index in [1.807, 2.05) is 23.6 Å². The van der Waals surface area contributed by atoms with Gasteiger partial charge in [0.15, 0.2) is 0 Å². The Labute approximate surface area is 77.4 Å². The molecule has 0 aliphatic heterocycles. The first-order valence-corrected chi connectivity index (χ1v) is 5.09. The van der Waals surface area contributed by atoms with Crippen LogP contribution in [0.2, 0.25) is 0 Å². The SMILES string of the molecule is CC/C=C\C[C@@H](O)c1cccs1. The number of aliphatic hydroxyl groups is 1. The molecule has 0 aromatic carbocycles. The lowest BCUT2D eigenvalue weighted by molar-refractivity contribution is 0.185. The van der Waals surface area contributed by atoms with Gasteiger partial charge in [-0.25, -0.2) is 0 Å². The minimum atomic E-state index is -0.312. The second kappa shape index (κ2) is 5.12. The van der Waals surface area contributed by atoms with Gasteiger partial charge >= 0.3 is 0 Å². The minimum absolute atomic E-state index is 0.312. The molecular weight excluding hydrogens is 168 g/mol. The van der Waals surface area contributed by atoms with Gasteiger partial charge in [-0.1, -0.05) is 25.1 Å². The van der Waals surface area contributed by atoms with Gasteiger partial charge in [-0.3, -0.25) is 0 Å². The van der Waals surface area contributed by atoms with Crippen LogP contribution in [0.5, 0.6) is 0 Å². The molecule has 1 aromatic heterocycles.